The lowest BCUT2D eigenvalue weighted by molar-refractivity contribution is -0.274. The van der Waals surface area contributed by atoms with Crippen LogP contribution in [0.5, 0.6) is 0 Å². The van der Waals surface area contributed by atoms with E-state index in [9.17, 15) is 9.90 Å². The molecular formula is C35H54O3. The van der Waals surface area contributed by atoms with E-state index >= 15 is 0 Å². The molecule has 6 atom stereocenters. The van der Waals surface area contributed by atoms with Crippen LogP contribution in [0.1, 0.15) is 129 Å². The Morgan fingerprint density at radius 2 is 1.45 bits per heavy atom. The van der Waals surface area contributed by atoms with Crippen molar-refractivity contribution in [3.05, 3.63) is 12.2 Å². The van der Waals surface area contributed by atoms with Gasteiger partial charge in [-0.3, -0.25) is 4.79 Å². The fourth-order valence-electron chi connectivity index (χ4n) is 12.9. The molecule has 7 fully saturated rings. The third kappa shape index (κ3) is 4.01. The lowest BCUT2D eigenvalue weighted by atomic mass is 9.34. The maximum atomic E-state index is 14.1. The van der Waals surface area contributed by atoms with Crippen molar-refractivity contribution in [2.45, 2.75) is 141 Å². The van der Waals surface area contributed by atoms with Gasteiger partial charge in [-0.2, -0.15) is 0 Å². The van der Waals surface area contributed by atoms with E-state index in [1.807, 2.05) is 0 Å². The van der Waals surface area contributed by atoms with Crippen molar-refractivity contribution >= 4 is 5.97 Å². The summed E-state index contributed by atoms with van der Waals surface area (Å²) in [5, 5.41) is 12.1. The maximum absolute atomic E-state index is 14.1. The van der Waals surface area contributed by atoms with Gasteiger partial charge < -0.3 is 9.84 Å². The summed E-state index contributed by atoms with van der Waals surface area (Å²) in [4.78, 5) is 14.1. The van der Waals surface area contributed by atoms with Gasteiger partial charge in [0, 0.05) is 5.41 Å². The molecule has 0 aliphatic heterocycles. The molecule has 8 rings (SSSR count). The molecule has 0 heterocycles. The fraction of sp³-hybridized carbons (Fsp3) is 0.914. The highest BCUT2D eigenvalue weighted by Gasteiger charge is 2.70. The number of esters is 1. The van der Waals surface area contributed by atoms with Crippen molar-refractivity contribution in [3.63, 3.8) is 0 Å². The number of carbonyl (C=O) groups is 1. The normalized spacial score (nSPS) is 43.7. The van der Waals surface area contributed by atoms with Gasteiger partial charge in [-0.25, -0.2) is 0 Å². The first kappa shape index (κ1) is 26.1. The Morgan fingerprint density at radius 1 is 0.842 bits per heavy atom. The number of rotatable bonds is 7. The highest BCUT2D eigenvalue weighted by Crippen LogP contribution is 2.74. The molecule has 3 nitrogen and oxygen atoms in total. The third-order valence-corrected chi connectivity index (χ3v) is 13.4. The van der Waals surface area contributed by atoms with Crippen LogP contribution in [0.3, 0.4) is 0 Å². The predicted octanol–water partition coefficient (Wildman–Crippen LogP) is 8.24. The van der Waals surface area contributed by atoms with Crippen molar-refractivity contribution in [1.82, 2.24) is 0 Å². The predicted molar refractivity (Wildman–Crippen MR) is 151 cm³/mol. The summed E-state index contributed by atoms with van der Waals surface area (Å²) in [5.74, 6) is 4.13. The SMILES string of the molecule is CC(C)C(OC(=O)C1CC2C=CC1C2)C(C1CCCCC1)(C1CCCCC1)C12CC3CC(CC(O)(C3)C1)C2. The molecule has 8 aliphatic rings. The van der Waals surface area contributed by atoms with Crippen LogP contribution >= 0.6 is 0 Å². The molecule has 6 bridgehead atoms. The van der Waals surface area contributed by atoms with E-state index in [2.05, 4.69) is 26.0 Å². The van der Waals surface area contributed by atoms with Crippen molar-refractivity contribution < 1.29 is 14.6 Å². The van der Waals surface area contributed by atoms with E-state index in [0.29, 0.717) is 41.4 Å². The van der Waals surface area contributed by atoms with Crippen LogP contribution in [0.4, 0.5) is 0 Å². The summed E-state index contributed by atoms with van der Waals surface area (Å²) in [6.45, 7) is 4.74. The minimum atomic E-state index is -0.473. The van der Waals surface area contributed by atoms with Crippen LogP contribution in [0.25, 0.3) is 0 Å². The molecule has 38 heavy (non-hydrogen) atoms. The van der Waals surface area contributed by atoms with Crippen LogP contribution < -0.4 is 0 Å². The summed E-state index contributed by atoms with van der Waals surface area (Å²) >= 11 is 0. The Hall–Kier alpha value is -0.830. The minimum Gasteiger partial charge on any atom is -0.461 e. The number of allylic oxidation sites excluding steroid dienone is 2. The van der Waals surface area contributed by atoms with E-state index in [-0.39, 0.29) is 28.8 Å². The minimum absolute atomic E-state index is 0.0100. The molecule has 0 amide bonds. The lowest BCUT2D eigenvalue weighted by Gasteiger charge is -2.71. The number of hydrogen-bond acceptors (Lipinski definition) is 3. The summed E-state index contributed by atoms with van der Waals surface area (Å²) in [7, 11) is 0. The van der Waals surface area contributed by atoms with E-state index in [0.717, 1.165) is 32.1 Å². The highest BCUT2D eigenvalue weighted by molar-refractivity contribution is 5.74. The van der Waals surface area contributed by atoms with E-state index < -0.39 is 5.60 Å². The number of aliphatic hydroxyl groups is 1. The largest absolute Gasteiger partial charge is 0.461 e. The van der Waals surface area contributed by atoms with Crippen molar-refractivity contribution in [3.8, 4) is 0 Å². The van der Waals surface area contributed by atoms with E-state index in [4.69, 9.17) is 4.74 Å². The second-order valence-electron chi connectivity index (χ2n) is 16.1. The Morgan fingerprint density at radius 3 is 1.92 bits per heavy atom. The average Bonchev–Trinajstić information content (AvgIpc) is 3.52. The van der Waals surface area contributed by atoms with Gasteiger partial charge in [0.2, 0.25) is 0 Å². The first-order chi connectivity index (χ1) is 18.3. The summed E-state index contributed by atoms with van der Waals surface area (Å²) in [6.07, 6.45) is 27.1. The van der Waals surface area contributed by atoms with Gasteiger partial charge in [0.15, 0.2) is 0 Å². The molecule has 0 spiro atoms. The molecule has 0 saturated heterocycles. The molecule has 8 aliphatic carbocycles. The zero-order chi connectivity index (χ0) is 26.1. The Balaban J connectivity index is 1.35. The second-order valence-corrected chi connectivity index (χ2v) is 16.1. The van der Waals surface area contributed by atoms with Crippen LogP contribution in [0.15, 0.2) is 12.2 Å². The summed E-state index contributed by atoms with van der Waals surface area (Å²) in [6, 6.07) is 0. The van der Waals surface area contributed by atoms with Gasteiger partial charge in [-0.15, -0.1) is 0 Å². The van der Waals surface area contributed by atoms with E-state index in [1.165, 1.54) is 83.5 Å². The molecule has 0 aromatic carbocycles. The molecular weight excluding hydrogens is 468 g/mol. The topological polar surface area (TPSA) is 46.5 Å². The van der Waals surface area contributed by atoms with Crippen molar-refractivity contribution in [2.24, 2.45) is 58.2 Å². The molecule has 0 aromatic rings. The van der Waals surface area contributed by atoms with Gasteiger partial charge in [0.1, 0.15) is 6.10 Å². The van der Waals surface area contributed by atoms with Crippen LogP contribution in [0.2, 0.25) is 0 Å². The summed E-state index contributed by atoms with van der Waals surface area (Å²) < 4.78 is 7.09. The number of carbonyl (C=O) groups excluding carboxylic acids is 1. The lowest BCUT2D eigenvalue weighted by Crippen LogP contribution is -2.69. The Bertz CT molecular complexity index is 889. The molecule has 3 heteroatoms. The van der Waals surface area contributed by atoms with Gasteiger partial charge in [-0.1, -0.05) is 64.5 Å². The van der Waals surface area contributed by atoms with Crippen molar-refractivity contribution in [1.29, 1.82) is 0 Å². The van der Waals surface area contributed by atoms with Crippen LogP contribution in [-0.4, -0.2) is 22.8 Å². The number of hydrogen-bond donors (Lipinski definition) is 1. The highest BCUT2D eigenvalue weighted by atomic mass is 16.5. The van der Waals surface area contributed by atoms with Gasteiger partial charge in [0.05, 0.1) is 11.5 Å². The molecule has 0 radical (unpaired) electrons. The van der Waals surface area contributed by atoms with Crippen LogP contribution in [-0.2, 0) is 9.53 Å². The van der Waals surface area contributed by atoms with Gasteiger partial charge in [0.25, 0.3) is 0 Å². The molecule has 0 aromatic heterocycles. The number of fused-ring (bicyclic) bond motifs is 2. The zero-order valence-electron chi connectivity index (χ0n) is 24.3. The van der Waals surface area contributed by atoms with Gasteiger partial charge >= 0.3 is 5.97 Å². The Kier molecular flexibility index (Phi) is 6.61. The zero-order valence-corrected chi connectivity index (χ0v) is 24.3. The first-order valence-electron chi connectivity index (χ1n) is 16.9. The quantitative estimate of drug-likeness (QED) is 0.270. The molecule has 7 saturated carbocycles. The summed E-state index contributed by atoms with van der Waals surface area (Å²) in [5.41, 5.74) is -0.309. The third-order valence-electron chi connectivity index (χ3n) is 13.4. The first-order valence-corrected chi connectivity index (χ1v) is 16.9. The van der Waals surface area contributed by atoms with Crippen LogP contribution in [0, 0.1) is 58.2 Å². The van der Waals surface area contributed by atoms with Gasteiger partial charge in [-0.05, 0) is 124 Å². The van der Waals surface area contributed by atoms with E-state index in [1.54, 1.807) is 0 Å². The fourth-order valence-corrected chi connectivity index (χ4v) is 12.9. The molecule has 212 valence electrons. The van der Waals surface area contributed by atoms with Crippen molar-refractivity contribution in [2.75, 3.05) is 0 Å². The Labute approximate surface area is 231 Å². The molecule has 6 unspecified atom stereocenters. The monoisotopic (exact) mass is 522 g/mol. The number of ether oxygens (including phenoxy) is 1. The smallest absolute Gasteiger partial charge is 0.309 e. The standard InChI is InChI=1S/C35H54O3/c1-23(2)31(38-32(36)30-17-24-13-14-27(30)16-24)35(28-9-5-3-6-10-28,29-11-7-4-8-12-29)33-18-25-15-26(19-33)21-34(37,20-25)22-33/h13-14,23-31,37H,3-12,15-22H2,1-2H3. The average molecular weight is 523 g/mol. The molecule has 1 N–H and O–H groups in total. The maximum Gasteiger partial charge on any atom is 0.309 e. The second kappa shape index (κ2) is 9.63.